The van der Waals surface area contributed by atoms with E-state index in [2.05, 4.69) is 15.6 Å². The Labute approximate surface area is 224 Å². The molecular formula is C30H29F3N4O2. The van der Waals surface area contributed by atoms with Gasteiger partial charge in [0.1, 0.15) is 0 Å². The molecule has 0 saturated carbocycles. The standard InChI is InChI=1S/C30H29F3N4O2/c1-29(2)14-23-27(25(38)15-29)28(20-9-11-21(12-10-20)30(31,32)33)37(24-8-4-3-7-22(24)36-23)18-26(39)35-17-19-6-5-13-34-16-19/h3-13,16,28,36H,14-15,17-18H2,1-2H3,(H,35,39). The molecule has 5 rings (SSSR count). The highest BCUT2D eigenvalue weighted by Gasteiger charge is 2.42. The molecule has 1 aliphatic carbocycles. The van der Waals surface area contributed by atoms with Crippen LogP contribution in [0.5, 0.6) is 0 Å². The molecule has 1 aromatic heterocycles. The van der Waals surface area contributed by atoms with E-state index >= 15 is 0 Å². The first-order chi connectivity index (χ1) is 18.5. The van der Waals surface area contributed by atoms with E-state index in [0.717, 1.165) is 29.1 Å². The number of aromatic nitrogens is 1. The van der Waals surface area contributed by atoms with Gasteiger partial charge in [-0.25, -0.2) is 0 Å². The number of pyridine rings is 1. The molecule has 202 valence electrons. The lowest BCUT2D eigenvalue weighted by Gasteiger charge is -2.38. The van der Waals surface area contributed by atoms with E-state index in [4.69, 9.17) is 0 Å². The molecule has 1 aliphatic heterocycles. The maximum atomic E-state index is 13.7. The minimum atomic E-state index is -4.49. The van der Waals surface area contributed by atoms with Crippen LogP contribution in [0.1, 0.15) is 49.4 Å². The van der Waals surface area contributed by atoms with Gasteiger partial charge in [0.15, 0.2) is 5.78 Å². The molecule has 0 radical (unpaired) electrons. The summed E-state index contributed by atoms with van der Waals surface area (Å²) < 4.78 is 40.1. The molecule has 1 amide bonds. The van der Waals surface area contributed by atoms with E-state index < -0.39 is 17.8 Å². The maximum Gasteiger partial charge on any atom is 0.416 e. The van der Waals surface area contributed by atoms with E-state index in [-0.39, 0.29) is 30.2 Å². The number of Topliss-reactive ketones (excluding diaryl/α,β-unsaturated/α-hetero) is 1. The molecule has 9 heteroatoms. The van der Waals surface area contributed by atoms with Crippen molar-refractivity contribution in [2.75, 3.05) is 16.8 Å². The fourth-order valence-corrected chi connectivity index (χ4v) is 5.34. The normalized spacial score (nSPS) is 18.5. The predicted octanol–water partition coefficient (Wildman–Crippen LogP) is 6.03. The van der Waals surface area contributed by atoms with Gasteiger partial charge in [0.05, 0.1) is 29.5 Å². The molecule has 1 atom stereocenters. The van der Waals surface area contributed by atoms with Crippen molar-refractivity contribution in [2.24, 2.45) is 5.41 Å². The summed E-state index contributed by atoms with van der Waals surface area (Å²) in [4.78, 5) is 32.8. The highest BCUT2D eigenvalue weighted by molar-refractivity contribution is 6.01. The number of fused-ring (bicyclic) bond motifs is 1. The summed E-state index contributed by atoms with van der Waals surface area (Å²) in [5.41, 5.74) is 2.88. The molecule has 0 bridgehead atoms. The van der Waals surface area contributed by atoms with Crippen LogP contribution in [0, 0.1) is 5.41 Å². The third-order valence-electron chi connectivity index (χ3n) is 7.08. The Hall–Kier alpha value is -4.14. The second kappa shape index (κ2) is 10.2. The van der Waals surface area contributed by atoms with E-state index in [9.17, 15) is 22.8 Å². The Kier molecular flexibility index (Phi) is 6.92. The molecule has 2 heterocycles. The Morgan fingerprint density at radius 3 is 2.51 bits per heavy atom. The largest absolute Gasteiger partial charge is 0.416 e. The number of para-hydroxylation sites is 2. The number of nitrogens with one attached hydrogen (secondary N) is 2. The quantitative estimate of drug-likeness (QED) is 0.418. The number of hydrogen-bond donors (Lipinski definition) is 2. The summed E-state index contributed by atoms with van der Waals surface area (Å²) in [6.07, 6.45) is -0.301. The highest BCUT2D eigenvalue weighted by atomic mass is 19.4. The van der Waals surface area contributed by atoms with Crippen molar-refractivity contribution in [3.8, 4) is 0 Å². The van der Waals surface area contributed by atoms with Crippen LogP contribution >= 0.6 is 0 Å². The van der Waals surface area contributed by atoms with Crippen molar-refractivity contribution in [2.45, 2.75) is 45.5 Å². The predicted molar refractivity (Wildman–Crippen MR) is 143 cm³/mol. The topological polar surface area (TPSA) is 74.3 Å². The van der Waals surface area contributed by atoms with Crippen LogP contribution in [-0.2, 0) is 22.3 Å². The number of anilines is 2. The average Bonchev–Trinajstić information content (AvgIpc) is 3.01. The van der Waals surface area contributed by atoms with Gasteiger partial charge in [0, 0.05) is 36.6 Å². The van der Waals surface area contributed by atoms with Gasteiger partial charge >= 0.3 is 6.18 Å². The molecule has 0 spiro atoms. The van der Waals surface area contributed by atoms with Crippen LogP contribution < -0.4 is 15.5 Å². The summed E-state index contributed by atoms with van der Waals surface area (Å²) >= 11 is 0. The number of halogens is 3. The lowest BCUT2D eigenvalue weighted by Crippen LogP contribution is -2.41. The van der Waals surface area contributed by atoms with Crippen molar-refractivity contribution in [3.63, 3.8) is 0 Å². The van der Waals surface area contributed by atoms with Crippen LogP contribution in [0.3, 0.4) is 0 Å². The summed E-state index contributed by atoms with van der Waals surface area (Å²) in [6, 6.07) is 15.2. The number of allylic oxidation sites excluding steroid dienone is 1. The highest BCUT2D eigenvalue weighted by Crippen LogP contribution is 2.48. The van der Waals surface area contributed by atoms with Gasteiger partial charge < -0.3 is 15.5 Å². The van der Waals surface area contributed by atoms with E-state index in [1.165, 1.54) is 12.1 Å². The molecule has 3 aromatic rings. The van der Waals surface area contributed by atoms with E-state index in [1.807, 2.05) is 49.1 Å². The first kappa shape index (κ1) is 26.5. The molecular weight excluding hydrogens is 505 g/mol. The van der Waals surface area contributed by atoms with Gasteiger partial charge in [-0.2, -0.15) is 13.2 Å². The van der Waals surface area contributed by atoms with Crippen molar-refractivity contribution < 1.29 is 22.8 Å². The van der Waals surface area contributed by atoms with Crippen LogP contribution in [0.15, 0.2) is 84.3 Å². The number of carbonyl (C=O) groups excluding carboxylic acids is 2. The zero-order valence-electron chi connectivity index (χ0n) is 21.7. The third-order valence-corrected chi connectivity index (χ3v) is 7.08. The summed E-state index contributed by atoms with van der Waals surface area (Å²) in [7, 11) is 0. The van der Waals surface area contributed by atoms with Gasteiger partial charge in [-0.1, -0.05) is 44.2 Å². The fourth-order valence-electron chi connectivity index (χ4n) is 5.34. The number of nitrogens with zero attached hydrogens (tertiary/aromatic N) is 2. The van der Waals surface area contributed by atoms with Crippen LogP contribution in [0.25, 0.3) is 0 Å². The van der Waals surface area contributed by atoms with Gasteiger partial charge in [0.25, 0.3) is 0 Å². The van der Waals surface area contributed by atoms with Crippen molar-refractivity contribution >= 4 is 23.1 Å². The lowest BCUT2D eigenvalue weighted by molar-refractivity contribution is -0.137. The minimum absolute atomic E-state index is 0.0905. The summed E-state index contributed by atoms with van der Waals surface area (Å²) in [6.45, 7) is 4.19. The van der Waals surface area contributed by atoms with E-state index in [0.29, 0.717) is 29.7 Å². The van der Waals surface area contributed by atoms with Crippen molar-refractivity contribution in [1.29, 1.82) is 0 Å². The third kappa shape index (κ3) is 5.67. The smallest absolute Gasteiger partial charge is 0.357 e. The number of benzene rings is 2. The molecule has 2 aromatic carbocycles. The molecule has 39 heavy (non-hydrogen) atoms. The van der Waals surface area contributed by atoms with Crippen LogP contribution in [-0.4, -0.2) is 23.2 Å². The minimum Gasteiger partial charge on any atom is -0.357 e. The Bertz CT molecular complexity index is 1420. The van der Waals surface area contributed by atoms with Gasteiger partial charge in [0.2, 0.25) is 5.91 Å². The number of hydrogen-bond acceptors (Lipinski definition) is 5. The summed E-state index contributed by atoms with van der Waals surface area (Å²) in [5, 5.41) is 6.35. The molecule has 2 N–H and O–H groups in total. The van der Waals surface area contributed by atoms with Gasteiger partial charge in [-0.15, -0.1) is 0 Å². The molecule has 6 nitrogen and oxygen atoms in total. The Morgan fingerprint density at radius 1 is 1.08 bits per heavy atom. The maximum absolute atomic E-state index is 13.7. The fraction of sp³-hybridized carbons (Fsp3) is 0.300. The lowest BCUT2D eigenvalue weighted by atomic mass is 9.73. The zero-order valence-corrected chi connectivity index (χ0v) is 21.7. The second-order valence-corrected chi connectivity index (χ2v) is 10.8. The number of ketones is 1. The van der Waals surface area contributed by atoms with E-state index in [1.54, 1.807) is 18.5 Å². The Morgan fingerprint density at radius 2 is 1.82 bits per heavy atom. The van der Waals surface area contributed by atoms with Crippen LogP contribution in [0.4, 0.5) is 24.5 Å². The van der Waals surface area contributed by atoms with Gasteiger partial charge in [-0.05, 0) is 53.3 Å². The number of alkyl halides is 3. The molecule has 1 unspecified atom stereocenters. The molecule has 0 fully saturated rings. The molecule has 2 aliphatic rings. The number of amides is 1. The SMILES string of the molecule is CC1(C)CC(=O)C2=C(C1)Nc1ccccc1N(CC(=O)NCc1cccnc1)C2c1ccc(C(F)(F)F)cc1. The molecule has 0 saturated heterocycles. The second-order valence-electron chi connectivity index (χ2n) is 10.8. The zero-order chi connectivity index (χ0) is 27.8. The van der Waals surface area contributed by atoms with Crippen molar-refractivity contribution in [3.05, 3.63) is 101 Å². The average molecular weight is 535 g/mol. The van der Waals surface area contributed by atoms with Gasteiger partial charge in [-0.3, -0.25) is 14.6 Å². The van der Waals surface area contributed by atoms with Crippen molar-refractivity contribution in [1.82, 2.24) is 10.3 Å². The summed E-state index contributed by atoms with van der Waals surface area (Å²) in [5.74, 6) is -0.384. The first-order valence-corrected chi connectivity index (χ1v) is 12.7. The Balaban J connectivity index is 1.59. The number of carbonyl (C=O) groups is 2. The number of rotatable bonds is 5. The van der Waals surface area contributed by atoms with Crippen LogP contribution in [0.2, 0.25) is 0 Å². The first-order valence-electron chi connectivity index (χ1n) is 12.7. The monoisotopic (exact) mass is 534 g/mol.